The average molecular weight is 560 g/mol. The molecule has 0 aliphatic heterocycles. The maximum Gasteiger partial charge on any atom is 0.248 e. The highest BCUT2D eigenvalue weighted by Crippen LogP contribution is 2.39. The molecule has 5 rings (SSSR count). The molecule has 4 aromatic rings. The van der Waals surface area contributed by atoms with Gasteiger partial charge in [0, 0.05) is 59.3 Å². The summed E-state index contributed by atoms with van der Waals surface area (Å²) in [4.78, 5) is 21.7. The summed E-state index contributed by atoms with van der Waals surface area (Å²) in [6.07, 6.45) is 8.81. The third-order valence-electron chi connectivity index (χ3n) is 8.40. The van der Waals surface area contributed by atoms with Crippen molar-refractivity contribution in [1.82, 2.24) is 9.97 Å². The quantitative estimate of drug-likeness (QED) is 0.207. The van der Waals surface area contributed by atoms with Gasteiger partial charge in [-0.05, 0) is 93.8 Å². The molecule has 1 aliphatic carbocycles. The standard InChI is InChI=1S/C34H39F2N3O2/c1-5-6-7-8-31(40)39-30-10-9-26(19-37-30)29-17-25(15-24-11-13-34(35,36)14-12-24)16-27-18-28(20-38-33(27)29)32-21(2)22(3)41-23(32)4/h9-10,16-20,24H,5-8,11-15H2,1-4H3,(H,37,39,40). The van der Waals surface area contributed by atoms with E-state index >= 15 is 0 Å². The van der Waals surface area contributed by atoms with Gasteiger partial charge in [-0.1, -0.05) is 19.8 Å². The molecule has 1 aliphatic rings. The number of anilines is 1. The molecule has 0 bridgehead atoms. The van der Waals surface area contributed by atoms with Crippen LogP contribution in [0.5, 0.6) is 0 Å². The van der Waals surface area contributed by atoms with E-state index in [1.165, 1.54) is 0 Å². The van der Waals surface area contributed by atoms with Crippen LogP contribution in [0, 0.1) is 26.7 Å². The van der Waals surface area contributed by atoms with Gasteiger partial charge in [-0.3, -0.25) is 9.78 Å². The van der Waals surface area contributed by atoms with Crippen LogP contribution >= 0.6 is 0 Å². The van der Waals surface area contributed by atoms with Gasteiger partial charge in [-0.25, -0.2) is 13.8 Å². The van der Waals surface area contributed by atoms with Crippen LogP contribution in [0.2, 0.25) is 0 Å². The number of hydrogen-bond acceptors (Lipinski definition) is 4. The lowest BCUT2D eigenvalue weighted by Gasteiger charge is -2.28. The molecule has 1 N–H and O–H groups in total. The zero-order valence-electron chi connectivity index (χ0n) is 24.4. The second-order valence-corrected chi connectivity index (χ2v) is 11.6. The number of unbranched alkanes of at least 4 members (excludes halogenated alkanes) is 2. The minimum absolute atomic E-state index is 0.0292. The van der Waals surface area contributed by atoms with Gasteiger partial charge in [-0.2, -0.15) is 0 Å². The topological polar surface area (TPSA) is 68.0 Å². The van der Waals surface area contributed by atoms with Crippen molar-refractivity contribution in [2.45, 2.75) is 91.4 Å². The first-order valence-electron chi connectivity index (χ1n) is 14.8. The molecule has 1 fully saturated rings. The molecule has 7 heteroatoms. The van der Waals surface area contributed by atoms with Crippen LogP contribution in [0.15, 0.2) is 47.1 Å². The third kappa shape index (κ3) is 6.66. The van der Waals surface area contributed by atoms with E-state index in [9.17, 15) is 13.6 Å². The lowest BCUT2D eigenvalue weighted by Crippen LogP contribution is -2.25. The molecule has 0 saturated heterocycles. The van der Waals surface area contributed by atoms with Crippen molar-refractivity contribution >= 4 is 22.6 Å². The molecular weight excluding hydrogens is 520 g/mol. The van der Waals surface area contributed by atoms with Crippen molar-refractivity contribution in [1.29, 1.82) is 0 Å². The van der Waals surface area contributed by atoms with Gasteiger partial charge < -0.3 is 9.73 Å². The minimum Gasteiger partial charge on any atom is -0.466 e. The monoisotopic (exact) mass is 559 g/mol. The molecule has 216 valence electrons. The Bertz CT molecular complexity index is 1530. The summed E-state index contributed by atoms with van der Waals surface area (Å²) in [5, 5.41) is 3.88. The number of aromatic nitrogens is 2. The number of pyridine rings is 2. The highest BCUT2D eigenvalue weighted by molar-refractivity contribution is 5.96. The Labute approximate surface area is 240 Å². The summed E-state index contributed by atoms with van der Waals surface area (Å²) in [6.45, 7) is 8.10. The van der Waals surface area contributed by atoms with E-state index < -0.39 is 5.92 Å². The van der Waals surface area contributed by atoms with Gasteiger partial charge in [0.25, 0.3) is 0 Å². The van der Waals surface area contributed by atoms with E-state index in [-0.39, 0.29) is 24.7 Å². The molecule has 5 nitrogen and oxygen atoms in total. The number of fused-ring (bicyclic) bond motifs is 1. The lowest BCUT2D eigenvalue weighted by molar-refractivity contribution is -0.116. The smallest absolute Gasteiger partial charge is 0.248 e. The second-order valence-electron chi connectivity index (χ2n) is 11.6. The predicted octanol–water partition coefficient (Wildman–Crippen LogP) is 9.37. The molecule has 1 amide bonds. The molecule has 41 heavy (non-hydrogen) atoms. The van der Waals surface area contributed by atoms with Gasteiger partial charge in [0.2, 0.25) is 11.8 Å². The summed E-state index contributed by atoms with van der Waals surface area (Å²) >= 11 is 0. The number of furan rings is 1. The summed E-state index contributed by atoms with van der Waals surface area (Å²) < 4.78 is 33.5. The van der Waals surface area contributed by atoms with Gasteiger partial charge in [0.05, 0.1) is 5.52 Å². The van der Waals surface area contributed by atoms with Crippen molar-refractivity contribution in [3.8, 4) is 22.3 Å². The van der Waals surface area contributed by atoms with Crippen LogP contribution in [0.3, 0.4) is 0 Å². The normalized spacial score (nSPS) is 15.4. The Kier molecular flexibility index (Phi) is 8.52. The first-order valence-corrected chi connectivity index (χ1v) is 14.8. The fourth-order valence-corrected chi connectivity index (χ4v) is 6.01. The van der Waals surface area contributed by atoms with Crippen LogP contribution in [0.4, 0.5) is 14.6 Å². The number of nitrogens with zero attached hydrogens (tertiary/aromatic N) is 2. The molecule has 3 aromatic heterocycles. The van der Waals surface area contributed by atoms with Crippen molar-refractivity contribution < 1.29 is 18.0 Å². The molecule has 0 spiro atoms. The predicted molar refractivity (Wildman–Crippen MR) is 160 cm³/mol. The number of nitrogens with one attached hydrogen (secondary N) is 1. The van der Waals surface area contributed by atoms with Crippen molar-refractivity contribution in [3.63, 3.8) is 0 Å². The Morgan fingerprint density at radius 2 is 1.76 bits per heavy atom. The minimum atomic E-state index is -2.54. The van der Waals surface area contributed by atoms with Crippen LogP contribution in [-0.2, 0) is 11.2 Å². The molecule has 0 unspecified atom stereocenters. The number of carbonyl (C=O) groups is 1. The number of hydrogen-bond donors (Lipinski definition) is 1. The third-order valence-corrected chi connectivity index (χ3v) is 8.40. The van der Waals surface area contributed by atoms with Crippen molar-refractivity contribution in [3.05, 3.63) is 65.4 Å². The Balaban J connectivity index is 1.49. The molecule has 1 saturated carbocycles. The van der Waals surface area contributed by atoms with Crippen LogP contribution < -0.4 is 5.32 Å². The average Bonchev–Trinajstić information content (AvgIpc) is 3.20. The van der Waals surface area contributed by atoms with Gasteiger partial charge in [0.15, 0.2) is 0 Å². The number of benzene rings is 1. The van der Waals surface area contributed by atoms with Gasteiger partial charge >= 0.3 is 0 Å². The molecule has 1 aromatic carbocycles. The van der Waals surface area contributed by atoms with Crippen LogP contribution in [-0.4, -0.2) is 21.8 Å². The van der Waals surface area contributed by atoms with Crippen LogP contribution in [0.1, 0.15) is 80.9 Å². The van der Waals surface area contributed by atoms with Crippen LogP contribution in [0.25, 0.3) is 33.2 Å². The number of aryl methyl sites for hydroxylation is 2. The number of carbonyl (C=O) groups excluding carboxylic acids is 1. The van der Waals surface area contributed by atoms with Crippen molar-refractivity contribution in [2.75, 3.05) is 5.32 Å². The summed E-state index contributed by atoms with van der Waals surface area (Å²) in [6, 6.07) is 10.2. The van der Waals surface area contributed by atoms with Gasteiger partial charge in [-0.15, -0.1) is 0 Å². The lowest BCUT2D eigenvalue weighted by atomic mass is 9.82. The number of rotatable bonds is 9. The Morgan fingerprint density at radius 1 is 1.00 bits per heavy atom. The van der Waals surface area contributed by atoms with Gasteiger partial charge in [0.1, 0.15) is 17.3 Å². The highest BCUT2D eigenvalue weighted by atomic mass is 19.3. The zero-order chi connectivity index (χ0) is 29.1. The fourth-order valence-electron chi connectivity index (χ4n) is 6.01. The Hall–Kier alpha value is -3.61. The van der Waals surface area contributed by atoms with E-state index in [0.717, 1.165) is 81.5 Å². The SMILES string of the molecule is CCCCCC(=O)Nc1ccc(-c2cc(CC3CCC(F)(F)CC3)cc3cc(-c4c(C)oc(C)c4C)cnc23)cn1. The second kappa shape index (κ2) is 12.1. The van der Waals surface area contributed by atoms with E-state index in [1.807, 2.05) is 32.2 Å². The molecule has 0 radical (unpaired) electrons. The maximum absolute atomic E-state index is 13.8. The largest absolute Gasteiger partial charge is 0.466 e. The van der Waals surface area contributed by atoms with E-state index in [1.54, 1.807) is 6.20 Å². The Morgan fingerprint density at radius 3 is 2.41 bits per heavy atom. The van der Waals surface area contributed by atoms with E-state index in [2.05, 4.69) is 42.3 Å². The summed E-state index contributed by atoms with van der Waals surface area (Å²) in [5.74, 6) is -0.0717. The number of amides is 1. The molecular formula is C34H39F2N3O2. The highest BCUT2D eigenvalue weighted by Gasteiger charge is 2.34. The number of alkyl halides is 2. The summed E-state index contributed by atoms with van der Waals surface area (Å²) in [7, 11) is 0. The van der Waals surface area contributed by atoms with E-state index in [0.29, 0.717) is 25.1 Å². The fraction of sp³-hybridized carbons (Fsp3) is 0.441. The van der Waals surface area contributed by atoms with Crippen molar-refractivity contribution in [2.24, 2.45) is 5.92 Å². The molecule has 0 atom stereocenters. The first-order chi connectivity index (χ1) is 19.6. The zero-order valence-corrected chi connectivity index (χ0v) is 24.4. The summed E-state index contributed by atoms with van der Waals surface area (Å²) in [5.41, 5.74) is 6.93. The maximum atomic E-state index is 13.8. The number of halogens is 2. The first kappa shape index (κ1) is 28.9. The molecule has 3 heterocycles. The van der Waals surface area contributed by atoms with E-state index in [4.69, 9.17) is 9.40 Å².